The molecule has 0 spiro atoms. The highest BCUT2D eigenvalue weighted by molar-refractivity contribution is 7.99. The molecular formula is C9H7NOS. The minimum atomic E-state index is 0.769. The standard InChI is InChI=1S/C9H7NOS/c11-6-10-8-3-1-2-7-4-5-12-9(7)8/h1-3H,4-5H2. The van der Waals surface area contributed by atoms with E-state index >= 15 is 0 Å². The molecule has 1 heterocycles. The summed E-state index contributed by atoms with van der Waals surface area (Å²) in [7, 11) is 0. The Labute approximate surface area is 74.7 Å². The van der Waals surface area contributed by atoms with Crippen molar-refractivity contribution in [2.45, 2.75) is 11.3 Å². The number of nitrogens with zero attached hydrogens (tertiary/aromatic N) is 1. The summed E-state index contributed by atoms with van der Waals surface area (Å²) in [4.78, 5) is 14.9. The van der Waals surface area contributed by atoms with Crippen molar-refractivity contribution in [3.8, 4) is 0 Å². The molecule has 1 aromatic carbocycles. The second kappa shape index (κ2) is 3.13. The summed E-state index contributed by atoms with van der Waals surface area (Å²) < 4.78 is 0. The summed E-state index contributed by atoms with van der Waals surface area (Å²) in [6.07, 6.45) is 2.66. The highest BCUT2D eigenvalue weighted by atomic mass is 32.2. The molecule has 12 heavy (non-hydrogen) atoms. The topological polar surface area (TPSA) is 29.4 Å². The second-order valence-corrected chi connectivity index (χ2v) is 3.67. The summed E-state index contributed by atoms with van der Waals surface area (Å²) in [6.45, 7) is 0. The van der Waals surface area contributed by atoms with E-state index in [1.807, 2.05) is 12.1 Å². The van der Waals surface area contributed by atoms with Crippen molar-refractivity contribution in [2.24, 2.45) is 4.99 Å². The number of aliphatic imine (C=N–C) groups is 1. The van der Waals surface area contributed by atoms with Crippen molar-refractivity contribution >= 4 is 23.5 Å². The van der Waals surface area contributed by atoms with Gasteiger partial charge in [-0.25, -0.2) is 4.79 Å². The quantitative estimate of drug-likeness (QED) is 0.486. The van der Waals surface area contributed by atoms with Crippen molar-refractivity contribution in [1.82, 2.24) is 0 Å². The molecule has 0 aliphatic carbocycles. The van der Waals surface area contributed by atoms with Gasteiger partial charge in [-0.1, -0.05) is 12.1 Å². The Bertz CT molecular complexity index is 356. The van der Waals surface area contributed by atoms with E-state index in [1.54, 1.807) is 17.8 Å². The molecule has 0 bridgehead atoms. The normalized spacial score (nSPS) is 13.7. The lowest BCUT2D eigenvalue weighted by atomic mass is 10.1. The second-order valence-electron chi connectivity index (χ2n) is 2.57. The highest BCUT2D eigenvalue weighted by Gasteiger charge is 2.14. The lowest BCUT2D eigenvalue weighted by Crippen LogP contribution is -1.78. The average molecular weight is 177 g/mol. The van der Waals surface area contributed by atoms with Crippen LogP contribution in [-0.2, 0) is 11.2 Å². The van der Waals surface area contributed by atoms with Gasteiger partial charge in [0.05, 0.1) is 5.69 Å². The number of thioether (sulfide) groups is 1. The maximum Gasteiger partial charge on any atom is 0.240 e. The first kappa shape index (κ1) is 7.59. The number of rotatable bonds is 1. The summed E-state index contributed by atoms with van der Waals surface area (Å²) >= 11 is 1.76. The van der Waals surface area contributed by atoms with E-state index in [1.165, 1.54) is 5.56 Å². The minimum absolute atomic E-state index is 0.769. The van der Waals surface area contributed by atoms with E-state index in [9.17, 15) is 4.79 Å². The molecule has 0 aromatic heterocycles. The number of hydrogen-bond acceptors (Lipinski definition) is 3. The first-order valence-corrected chi connectivity index (χ1v) is 4.73. The zero-order chi connectivity index (χ0) is 8.39. The SMILES string of the molecule is O=C=Nc1cccc2c1SCC2. The third-order valence-corrected chi connectivity index (χ3v) is 3.03. The van der Waals surface area contributed by atoms with Crippen LogP contribution in [0.3, 0.4) is 0 Å². The van der Waals surface area contributed by atoms with E-state index < -0.39 is 0 Å². The number of carbonyl (C=O) groups excluding carboxylic acids is 1. The molecular weight excluding hydrogens is 170 g/mol. The van der Waals surface area contributed by atoms with Crippen LogP contribution in [0.25, 0.3) is 0 Å². The molecule has 0 radical (unpaired) electrons. The van der Waals surface area contributed by atoms with Crippen LogP contribution >= 0.6 is 11.8 Å². The van der Waals surface area contributed by atoms with Crippen LogP contribution < -0.4 is 0 Å². The van der Waals surface area contributed by atoms with Gasteiger partial charge in [0.25, 0.3) is 0 Å². The van der Waals surface area contributed by atoms with E-state index in [0.717, 1.165) is 22.8 Å². The maximum absolute atomic E-state index is 10.1. The van der Waals surface area contributed by atoms with Crippen LogP contribution in [0.15, 0.2) is 28.1 Å². The Morgan fingerprint density at radius 2 is 2.42 bits per heavy atom. The van der Waals surface area contributed by atoms with Gasteiger partial charge in [0, 0.05) is 10.6 Å². The summed E-state index contributed by atoms with van der Waals surface area (Å²) in [6, 6.07) is 5.86. The predicted molar refractivity (Wildman–Crippen MR) is 48.7 cm³/mol. The van der Waals surface area contributed by atoms with Crippen molar-refractivity contribution in [3.63, 3.8) is 0 Å². The molecule has 60 valence electrons. The van der Waals surface area contributed by atoms with E-state index in [2.05, 4.69) is 11.1 Å². The van der Waals surface area contributed by atoms with Gasteiger partial charge in [-0.15, -0.1) is 11.8 Å². The van der Waals surface area contributed by atoms with Crippen molar-refractivity contribution in [2.75, 3.05) is 5.75 Å². The van der Waals surface area contributed by atoms with Gasteiger partial charge in [0.1, 0.15) is 0 Å². The predicted octanol–water partition coefficient (Wildman–Crippen LogP) is 2.30. The summed E-state index contributed by atoms with van der Waals surface area (Å²) in [5.74, 6) is 1.10. The largest absolute Gasteiger partial charge is 0.240 e. The Balaban J connectivity index is 2.56. The fraction of sp³-hybridized carbons (Fsp3) is 0.222. The molecule has 1 aliphatic rings. The molecule has 2 rings (SSSR count). The molecule has 0 atom stereocenters. The summed E-state index contributed by atoms with van der Waals surface area (Å²) in [5, 5.41) is 0. The Hall–Kier alpha value is -1.05. The zero-order valence-electron chi connectivity index (χ0n) is 6.41. The van der Waals surface area contributed by atoms with Gasteiger partial charge in [-0.3, -0.25) is 0 Å². The van der Waals surface area contributed by atoms with Crippen molar-refractivity contribution < 1.29 is 4.79 Å². The first-order valence-electron chi connectivity index (χ1n) is 3.74. The molecule has 0 saturated heterocycles. The van der Waals surface area contributed by atoms with Crippen LogP contribution in [0.5, 0.6) is 0 Å². The Kier molecular flexibility index (Phi) is 1.98. The number of aryl methyl sites for hydroxylation is 1. The van der Waals surface area contributed by atoms with E-state index in [-0.39, 0.29) is 0 Å². The lowest BCUT2D eigenvalue weighted by molar-refractivity contribution is 0.565. The van der Waals surface area contributed by atoms with Gasteiger partial charge in [-0.2, -0.15) is 4.99 Å². The van der Waals surface area contributed by atoms with Crippen LogP contribution in [0, 0.1) is 0 Å². The van der Waals surface area contributed by atoms with Crippen LogP contribution in [0.4, 0.5) is 5.69 Å². The monoisotopic (exact) mass is 177 g/mol. The van der Waals surface area contributed by atoms with Crippen molar-refractivity contribution in [1.29, 1.82) is 0 Å². The molecule has 3 heteroatoms. The highest BCUT2D eigenvalue weighted by Crippen LogP contribution is 2.38. The number of benzene rings is 1. The van der Waals surface area contributed by atoms with Crippen LogP contribution in [0.2, 0.25) is 0 Å². The Morgan fingerprint density at radius 3 is 3.25 bits per heavy atom. The average Bonchev–Trinajstić information content (AvgIpc) is 2.53. The lowest BCUT2D eigenvalue weighted by Gasteiger charge is -1.98. The molecule has 2 nitrogen and oxygen atoms in total. The first-order chi connectivity index (χ1) is 5.92. The van der Waals surface area contributed by atoms with E-state index in [4.69, 9.17) is 0 Å². The number of fused-ring (bicyclic) bond motifs is 1. The molecule has 0 N–H and O–H groups in total. The smallest absolute Gasteiger partial charge is 0.211 e. The van der Waals surface area contributed by atoms with Crippen LogP contribution in [-0.4, -0.2) is 11.8 Å². The minimum Gasteiger partial charge on any atom is -0.211 e. The fourth-order valence-corrected chi connectivity index (χ4v) is 2.48. The zero-order valence-corrected chi connectivity index (χ0v) is 7.23. The molecule has 0 unspecified atom stereocenters. The third-order valence-electron chi connectivity index (χ3n) is 1.86. The maximum atomic E-state index is 10.1. The van der Waals surface area contributed by atoms with Gasteiger partial charge in [0.2, 0.25) is 6.08 Å². The van der Waals surface area contributed by atoms with Gasteiger partial charge in [-0.05, 0) is 18.1 Å². The third kappa shape index (κ3) is 1.17. The number of hydrogen-bond donors (Lipinski definition) is 0. The fourth-order valence-electron chi connectivity index (χ4n) is 1.34. The summed E-state index contributed by atoms with van der Waals surface area (Å²) in [5.41, 5.74) is 2.07. The van der Waals surface area contributed by atoms with Crippen molar-refractivity contribution in [3.05, 3.63) is 23.8 Å². The van der Waals surface area contributed by atoms with Gasteiger partial charge >= 0.3 is 0 Å². The molecule has 0 fully saturated rings. The van der Waals surface area contributed by atoms with Crippen LogP contribution in [0.1, 0.15) is 5.56 Å². The number of isocyanates is 1. The molecule has 1 aromatic rings. The molecule has 0 saturated carbocycles. The van der Waals surface area contributed by atoms with E-state index in [0.29, 0.717) is 0 Å². The molecule has 1 aliphatic heterocycles. The van der Waals surface area contributed by atoms with Gasteiger partial charge < -0.3 is 0 Å². The Morgan fingerprint density at radius 1 is 1.50 bits per heavy atom. The van der Waals surface area contributed by atoms with Gasteiger partial charge in [0.15, 0.2) is 0 Å². The molecule has 0 amide bonds.